The van der Waals surface area contributed by atoms with Crippen molar-refractivity contribution in [1.82, 2.24) is 10.2 Å². The van der Waals surface area contributed by atoms with Crippen LogP contribution in [0.3, 0.4) is 0 Å². The number of hydrogen-bond donors (Lipinski definition) is 3. The van der Waals surface area contributed by atoms with Crippen LogP contribution in [-0.2, 0) is 4.79 Å². The zero-order chi connectivity index (χ0) is 9.14. The van der Waals surface area contributed by atoms with Gasteiger partial charge in [0.05, 0.1) is 16.7 Å². The van der Waals surface area contributed by atoms with E-state index in [0.29, 0.717) is 10.3 Å². The van der Waals surface area contributed by atoms with Gasteiger partial charge in [0.15, 0.2) is 0 Å². The van der Waals surface area contributed by atoms with Crippen molar-refractivity contribution in [2.24, 2.45) is 5.73 Å². The SMILES string of the molecule is C[C@@H](N)C(=O)Nc1[nH]ncc1Br. The maximum absolute atomic E-state index is 11.1. The number of aromatic amines is 1. The lowest BCUT2D eigenvalue weighted by Gasteiger charge is -2.04. The molecular weight excluding hydrogens is 224 g/mol. The van der Waals surface area contributed by atoms with Crippen molar-refractivity contribution in [1.29, 1.82) is 0 Å². The molecule has 0 unspecified atom stereocenters. The van der Waals surface area contributed by atoms with E-state index in [2.05, 4.69) is 31.4 Å². The van der Waals surface area contributed by atoms with E-state index in [0.717, 1.165) is 0 Å². The number of amides is 1. The molecule has 1 aromatic heterocycles. The molecule has 1 amide bonds. The number of halogens is 1. The largest absolute Gasteiger partial charge is 0.320 e. The van der Waals surface area contributed by atoms with E-state index >= 15 is 0 Å². The van der Waals surface area contributed by atoms with Crippen molar-refractivity contribution in [3.05, 3.63) is 10.7 Å². The minimum atomic E-state index is -0.528. The number of hydrogen-bond acceptors (Lipinski definition) is 3. The fourth-order valence-corrected chi connectivity index (χ4v) is 0.886. The molecule has 0 aliphatic rings. The molecule has 1 atom stereocenters. The highest BCUT2D eigenvalue weighted by molar-refractivity contribution is 9.10. The van der Waals surface area contributed by atoms with E-state index in [4.69, 9.17) is 5.73 Å². The van der Waals surface area contributed by atoms with Gasteiger partial charge in [-0.3, -0.25) is 9.89 Å². The zero-order valence-electron chi connectivity index (χ0n) is 6.47. The topological polar surface area (TPSA) is 83.8 Å². The van der Waals surface area contributed by atoms with Gasteiger partial charge in [-0.2, -0.15) is 5.10 Å². The van der Waals surface area contributed by atoms with Crippen LogP contribution in [0.25, 0.3) is 0 Å². The minimum Gasteiger partial charge on any atom is -0.320 e. The molecule has 0 saturated heterocycles. The zero-order valence-corrected chi connectivity index (χ0v) is 8.05. The number of carbonyl (C=O) groups is 1. The first-order valence-corrected chi connectivity index (χ1v) is 4.16. The second-order valence-electron chi connectivity index (χ2n) is 2.37. The van der Waals surface area contributed by atoms with Gasteiger partial charge in [-0.15, -0.1) is 0 Å². The number of anilines is 1. The maximum Gasteiger partial charge on any atom is 0.242 e. The highest BCUT2D eigenvalue weighted by Gasteiger charge is 2.10. The smallest absolute Gasteiger partial charge is 0.242 e. The molecule has 0 aliphatic carbocycles. The number of carbonyl (C=O) groups excluding carboxylic acids is 1. The summed E-state index contributed by atoms with van der Waals surface area (Å²) < 4.78 is 0.705. The molecule has 1 aromatic rings. The number of nitrogens with zero attached hydrogens (tertiary/aromatic N) is 1. The Bertz CT molecular complexity index is 283. The van der Waals surface area contributed by atoms with Gasteiger partial charge in [0.25, 0.3) is 0 Å². The first-order chi connectivity index (χ1) is 5.61. The fourth-order valence-electron chi connectivity index (χ4n) is 0.596. The molecule has 12 heavy (non-hydrogen) atoms. The van der Waals surface area contributed by atoms with Crippen LogP contribution in [-0.4, -0.2) is 22.1 Å². The molecule has 1 rings (SSSR count). The normalized spacial score (nSPS) is 12.6. The standard InChI is InChI=1S/C6H9BrN4O/c1-3(8)6(12)10-5-4(7)2-9-11-5/h2-3H,8H2,1H3,(H2,9,10,11,12)/t3-/m1/s1. The van der Waals surface area contributed by atoms with Crippen molar-refractivity contribution in [2.45, 2.75) is 13.0 Å². The predicted octanol–water partition coefficient (Wildman–Crippen LogP) is 0.458. The number of rotatable bonds is 2. The summed E-state index contributed by atoms with van der Waals surface area (Å²) >= 11 is 3.19. The van der Waals surface area contributed by atoms with Crippen molar-refractivity contribution >= 4 is 27.7 Å². The fraction of sp³-hybridized carbons (Fsp3) is 0.333. The molecule has 66 valence electrons. The van der Waals surface area contributed by atoms with Gasteiger partial charge in [-0.25, -0.2) is 0 Å². The Hall–Kier alpha value is -0.880. The van der Waals surface area contributed by atoms with E-state index in [-0.39, 0.29) is 5.91 Å². The molecule has 0 aliphatic heterocycles. The van der Waals surface area contributed by atoms with Gasteiger partial charge >= 0.3 is 0 Å². The highest BCUT2D eigenvalue weighted by atomic mass is 79.9. The Kier molecular flexibility index (Phi) is 2.83. The average molecular weight is 233 g/mol. The summed E-state index contributed by atoms with van der Waals surface area (Å²) in [6, 6.07) is -0.528. The number of H-pyrrole nitrogens is 1. The van der Waals surface area contributed by atoms with Gasteiger partial charge in [0.2, 0.25) is 5.91 Å². The van der Waals surface area contributed by atoms with Crippen LogP contribution in [0.2, 0.25) is 0 Å². The second kappa shape index (κ2) is 3.68. The van der Waals surface area contributed by atoms with Gasteiger partial charge in [-0.1, -0.05) is 0 Å². The molecular formula is C6H9BrN4O. The van der Waals surface area contributed by atoms with Crippen LogP contribution in [0.15, 0.2) is 10.7 Å². The van der Waals surface area contributed by atoms with Crippen LogP contribution in [0, 0.1) is 0 Å². The molecule has 0 saturated carbocycles. The van der Waals surface area contributed by atoms with E-state index in [1.165, 1.54) is 0 Å². The van der Waals surface area contributed by atoms with Crippen LogP contribution in [0.5, 0.6) is 0 Å². The summed E-state index contributed by atoms with van der Waals surface area (Å²) in [5, 5.41) is 8.87. The maximum atomic E-state index is 11.1. The summed E-state index contributed by atoms with van der Waals surface area (Å²) in [5.74, 6) is 0.275. The van der Waals surface area contributed by atoms with E-state index < -0.39 is 6.04 Å². The van der Waals surface area contributed by atoms with Crippen molar-refractivity contribution in [2.75, 3.05) is 5.32 Å². The predicted molar refractivity (Wildman–Crippen MR) is 48.6 cm³/mol. The van der Waals surface area contributed by atoms with Crippen LogP contribution < -0.4 is 11.1 Å². The lowest BCUT2D eigenvalue weighted by molar-refractivity contribution is -0.117. The van der Waals surface area contributed by atoms with E-state index in [9.17, 15) is 4.79 Å². The number of aromatic nitrogens is 2. The molecule has 0 aromatic carbocycles. The van der Waals surface area contributed by atoms with Crippen molar-refractivity contribution < 1.29 is 4.79 Å². The van der Waals surface area contributed by atoms with Crippen LogP contribution >= 0.6 is 15.9 Å². The highest BCUT2D eigenvalue weighted by Crippen LogP contribution is 2.17. The lowest BCUT2D eigenvalue weighted by Crippen LogP contribution is -2.32. The monoisotopic (exact) mass is 232 g/mol. The van der Waals surface area contributed by atoms with Crippen LogP contribution in [0.4, 0.5) is 5.82 Å². The molecule has 4 N–H and O–H groups in total. The van der Waals surface area contributed by atoms with Crippen molar-refractivity contribution in [3.63, 3.8) is 0 Å². The summed E-state index contributed by atoms with van der Waals surface area (Å²) in [6.07, 6.45) is 1.55. The quantitative estimate of drug-likeness (QED) is 0.693. The molecule has 1 heterocycles. The van der Waals surface area contributed by atoms with E-state index in [1.807, 2.05) is 0 Å². The lowest BCUT2D eigenvalue weighted by atomic mass is 10.3. The number of nitrogens with two attached hydrogens (primary N) is 1. The average Bonchev–Trinajstić information content (AvgIpc) is 2.36. The molecule has 0 fully saturated rings. The third kappa shape index (κ3) is 2.05. The van der Waals surface area contributed by atoms with Gasteiger partial charge in [0, 0.05) is 0 Å². The Morgan fingerprint density at radius 2 is 2.58 bits per heavy atom. The van der Waals surface area contributed by atoms with E-state index in [1.54, 1.807) is 13.1 Å². The summed E-state index contributed by atoms with van der Waals surface area (Å²) in [4.78, 5) is 11.1. The molecule has 0 bridgehead atoms. The Labute approximate surface area is 77.8 Å². The molecule has 6 heteroatoms. The number of nitrogens with one attached hydrogen (secondary N) is 2. The Balaban J connectivity index is 2.64. The summed E-state index contributed by atoms with van der Waals surface area (Å²) in [6.45, 7) is 1.61. The van der Waals surface area contributed by atoms with Crippen LogP contribution in [0.1, 0.15) is 6.92 Å². The second-order valence-corrected chi connectivity index (χ2v) is 3.23. The van der Waals surface area contributed by atoms with Gasteiger partial charge < -0.3 is 11.1 Å². The Morgan fingerprint density at radius 3 is 3.00 bits per heavy atom. The van der Waals surface area contributed by atoms with Gasteiger partial charge in [-0.05, 0) is 22.9 Å². The third-order valence-corrected chi connectivity index (χ3v) is 1.86. The Morgan fingerprint density at radius 1 is 1.92 bits per heavy atom. The van der Waals surface area contributed by atoms with Crippen molar-refractivity contribution in [3.8, 4) is 0 Å². The first-order valence-electron chi connectivity index (χ1n) is 3.36. The summed E-state index contributed by atoms with van der Waals surface area (Å²) in [5.41, 5.74) is 5.34. The first kappa shape index (κ1) is 9.21. The molecule has 5 nitrogen and oxygen atoms in total. The third-order valence-electron chi connectivity index (χ3n) is 1.25. The summed E-state index contributed by atoms with van der Waals surface area (Å²) in [7, 11) is 0. The minimum absolute atomic E-state index is 0.250. The molecule has 0 spiro atoms. The van der Waals surface area contributed by atoms with Gasteiger partial charge in [0.1, 0.15) is 5.82 Å². The molecule has 0 radical (unpaired) electrons.